The monoisotopic (exact) mass is 332 g/mol. The Morgan fingerprint density at radius 3 is 2.50 bits per heavy atom. The Balaban J connectivity index is 0.00000441. The van der Waals surface area contributed by atoms with Gasteiger partial charge in [0.2, 0.25) is 0 Å². The Labute approximate surface area is 135 Å². The predicted octanol–water partition coefficient (Wildman–Crippen LogP) is 1.85. The molecule has 2 N–H and O–H groups in total. The van der Waals surface area contributed by atoms with Gasteiger partial charge in [-0.3, -0.25) is 9.59 Å². The number of carbonyl (C=O) groups is 2. The summed E-state index contributed by atoms with van der Waals surface area (Å²) in [6.45, 7) is 4.11. The predicted molar refractivity (Wildman–Crippen MR) is 82.7 cm³/mol. The third-order valence-electron chi connectivity index (χ3n) is 2.83. The van der Waals surface area contributed by atoms with Crippen molar-refractivity contribution in [2.24, 2.45) is 5.16 Å². The number of esters is 2. The zero-order valence-electron chi connectivity index (χ0n) is 12.6. The maximum Gasteiger partial charge on any atom is 0.310 e. The van der Waals surface area contributed by atoms with Crippen molar-refractivity contribution in [3.8, 4) is 0 Å². The molecular formula is C14H21ClN2O5. The fourth-order valence-electron chi connectivity index (χ4n) is 1.97. The van der Waals surface area contributed by atoms with Crippen LogP contribution in [0.1, 0.15) is 37.1 Å². The molecule has 0 saturated carbocycles. The van der Waals surface area contributed by atoms with Crippen molar-refractivity contribution < 1.29 is 24.3 Å². The number of ether oxygens (including phenoxy) is 2. The number of carbonyl (C=O) groups excluding carboxylic acids is 2. The molecule has 0 unspecified atom stereocenters. The molecule has 0 saturated heterocycles. The molecule has 124 valence electrons. The second kappa shape index (κ2) is 10.7. The highest BCUT2D eigenvalue weighted by Gasteiger charge is 2.15. The molecule has 0 bridgehead atoms. The molecule has 0 aliphatic carbocycles. The Morgan fingerprint density at radius 2 is 1.91 bits per heavy atom. The molecule has 0 spiro atoms. The minimum absolute atomic E-state index is 0. The van der Waals surface area contributed by atoms with Crippen molar-refractivity contribution in [3.63, 3.8) is 0 Å². The molecule has 0 fully saturated rings. The largest absolute Gasteiger partial charge is 0.466 e. The summed E-state index contributed by atoms with van der Waals surface area (Å²) in [5.41, 5.74) is 2.02. The van der Waals surface area contributed by atoms with Crippen molar-refractivity contribution in [3.05, 3.63) is 23.0 Å². The minimum atomic E-state index is -0.346. The summed E-state index contributed by atoms with van der Waals surface area (Å²) in [6, 6.07) is 0. The van der Waals surface area contributed by atoms with E-state index in [4.69, 9.17) is 14.7 Å². The standard InChI is InChI=1S/C14H20N2O5.ClH/c1-3-20-13(17)6-5-11-10(7-14(18)21-4-2)8-15-12(11)9-16-19;/h8-9,15,19H,3-7H2,1-2H3;1H/b16-9+;. The van der Waals surface area contributed by atoms with E-state index in [-0.39, 0.29) is 37.2 Å². The number of aromatic amines is 1. The molecule has 7 nitrogen and oxygen atoms in total. The average molecular weight is 333 g/mol. The number of halogens is 1. The number of hydrogen-bond acceptors (Lipinski definition) is 6. The molecule has 1 aromatic rings. The van der Waals surface area contributed by atoms with Gasteiger partial charge in [-0.25, -0.2) is 0 Å². The minimum Gasteiger partial charge on any atom is -0.466 e. The van der Waals surface area contributed by atoms with Crippen molar-refractivity contribution >= 4 is 30.6 Å². The van der Waals surface area contributed by atoms with Crippen LogP contribution >= 0.6 is 12.4 Å². The third kappa shape index (κ3) is 6.17. The zero-order chi connectivity index (χ0) is 15.7. The molecule has 0 aromatic carbocycles. The summed E-state index contributed by atoms with van der Waals surface area (Å²) >= 11 is 0. The summed E-state index contributed by atoms with van der Waals surface area (Å²) in [5, 5.41) is 11.6. The molecule has 1 heterocycles. The molecule has 0 atom stereocenters. The quantitative estimate of drug-likeness (QED) is 0.327. The molecule has 0 aliphatic heterocycles. The van der Waals surface area contributed by atoms with E-state index >= 15 is 0 Å². The number of oxime groups is 1. The number of hydrogen-bond donors (Lipinski definition) is 2. The van der Waals surface area contributed by atoms with E-state index in [2.05, 4.69) is 10.1 Å². The SMILES string of the molecule is CCOC(=O)CCc1c(CC(=O)OCC)c[nH]c1/C=N/O.Cl. The topological polar surface area (TPSA) is 101 Å². The van der Waals surface area contributed by atoms with Gasteiger partial charge >= 0.3 is 11.9 Å². The lowest BCUT2D eigenvalue weighted by atomic mass is 10.0. The third-order valence-corrected chi connectivity index (χ3v) is 2.83. The summed E-state index contributed by atoms with van der Waals surface area (Å²) in [6.07, 6.45) is 3.55. The Hall–Kier alpha value is -2.02. The molecular weight excluding hydrogens is 312 g/mol. The summed E-state index contributed by atoms with van der Waals surface area (Å²) in [5.74, 6) is -0.658. The summed E-state index contributed by atoms with van der Waals surface area (Å²) in [4.78, 5) is 25.9. The highest BCUT2D eigenvalue weighted by molar-refractivity contribution is 5.85. The van der Waals surface area contributed by atoms with Crippen LogP contribution in [0.3, 0.4) is 0 Å². The summed E-state index contributed by atoms with van der Waals surface area (Å²) < 4.78 is 9.78. The number of nitrogens with one attached hydrogen (secondary N) is 1. The van der Waals surface area contributed by atoms with Crippen LogP contribution in [-0.2, 0) is 31.9 Å². The normalized spacial score (nSPS) is 10.3. The highest BCUT2D eigenvalue weighted by Crippen LogP contribution is 2.17. The first kappa shape index (κ1) is 20.0. The molecule has 1 aromatic heterocycles. The van der Waals surface area contributed by atoms with Crippen LogP contribution in [0.4, 0.5) is 0 Å². The first-order chi connectivity index (χ1) is 10.1. The lowest BCUT2D eigenvalue weighted by Crippen LogP contribution is -2.10. The van der Waals surface area contributed by atoms with Gasteiger partial charge in [0.15, 0.2) is 0 Å². The fourth-order valence-corrected chi connectivity index (χ4v) is 1.97. The lowest BCUT2D eigenvalue weighted by Gasteiger charge is -2.06. The molecule has 0 amide bonds. The number of aromatic nitrogens is 1. The van der Waals surface area contributed by atoms with Gasteiger partial charge < -0.3 is 19.7 Å². The number of rotatable bonds is 8. The average Bonchev–Trinajstić information content (AvgIpc) is 2.80. The second-order valence-electron chi connectivity index (χ2n) is 4.24. The van der Waals surface area contributed by atoms with E-state index in [1.54, 1.807) is 20.0 Å². The first-order valence-electron chi connectivity index (χ1n) is 6.80. The van der Waals surface area contributed by atoms with E-state index in [0.29, 0.717) is 30.9 Å². The van der Waals surface area contributed by atoms with Crippen LogP contribution in [-0.4, -0.2) is 41.6 Å². The van der Waals surface area contributed by atoms with Crippen LogP contribution in [0.15, 0.2) is 11.4 Å². The van der Waals surface area contributed by atoms with E-state index in [9.17, 15) is 9.59 Å². The van der Waals surface area contributed by atoms with Crippen LogP contribution < -0.4 is 0 Å². The van der Waals surface area contributed by atoms with Crippen LogP contribution in [0.2, 0.25) is 0 Å². The van der Waals surface area contributed by atoms with Crippen molar-refractivity contribution in [1.82, 2.24) is 4.98 Å². The van der Waals surface area contributed by atoms with Gasteiger partial charge in [0.1, 0.15) is 0 Å². The Kier molecular flexibility index (Phi) is 9.69. The maximum absolute atomic E-state index is 11.6. The molecule has 1 rings (SSSR count). The van der Waals surface area contributed by atoms with E-state index in [1.807, 2.05) is 0 Å². The van der Waals surface area contributed by atoms with Gasteiger partial charge in [-0.15, -0.1) is 12.4 Å². The second-order valence-corrected chi connectivity index (χ2v) is 4.24. The lowest BCUT2D eigenvalue weighted by molar-refractivity contribution is -0.143. The molecule has 0 aliphatic rings. The van der Waals surface area contributed by atoms with Gasteiger partial charge in [-0.2, -0.15) is 0 Å². The van der Waals surface area contributed by atoms with Crippen LogP contribution in [0, 0.1) is 0 Å². The summed E-state index contributed by atoms with van der Waals surface area (Å²) in [7, 11) is 0. The smallest absolute Gasteiger partial charge is 0.310 e. The highest BCUT2D eigenvalue weighted by atomic mass is 35.5. The van der Waals surface area contributed by atoms with Crippen molar-refractivity contribution in [2.45, 2.75) is 33.1 Å². The van der Waals surface area contributed by atoms with E-state index < -0.39 is 0 Å². The van der Waals surface area contributed by atoms with E-state index in [0.717, 1.165) is 5.56 Å². The first-order valence-corrected chi connectivity index (χ1v) is 6.80. The van der Waals surface area contributed by atoms with Gasteiger partial charge in [-0.05, 0) is 31.4 Å². The molecule has 22 heavy (non-hydrogen) atoms. The maximum atomic E-state index is 11.6. The van der Waals surface area contributed by atoms with Gasteiger partial charge in [0, 0.05) is 12.6 Å². The van der Waals surface area contributed by atoms with Gasteiger partial charge in [0.25, 0.3) is 0 Å². The Bertz CT molecular complexity index is 513. The Morgan fingerprint density at radius 1 is 1.27 bits per heavy atom. The van der Waals surface area contributed by atoms with E-state index in [1.165, 1.54) is 6.21 Å². The van der Waals surface area contributed by atoms with Crippen LogP contribution in [0.5, 0.6) is 0 Å². The van der Waals surface area contributed by atoms with Gasteiger partial charge in [-0.1, -0.05) is 5.16 Å². The fraction of sp³-hybridized carbons (Fsp3) is 0.500. The molecule has 0 radical (unpaired) electrons. The zero-order valence-corrected chi connectivity index (χ0v) is 13.4. The number of H-pyrrole nitrogens is 1. The van der Waals surface area contributed by atoms with Crippen LogP contribution in [0.25, 0.3) is 0 Å². The van der Waals surface area contributed by atoms with Crippen molar-refractivity contribution in [2.75, 3.05) is 13.2 Å². The van der Waals surface area contributed by atoms with Gasteiger partial charge in [0.05, 0.1) is 31.5 Å². The molecule has 8 heteroatoms. The van der Waals surface area contributed by atoms with Crippen molar-refractivity contribution in [1.29, 1.82) is 0 Å². The number of nitrogens with zero attached hydrogens (tertiary/aromatic N) is 1.